The number of sulfonamides is 1. The Kier molecular flexibility index (Phi) is 5.51. The minimum atomic E-state index is -3.87. The lowest BCUT2D eigenvalue weighted by atomic mass is 10.1. The Morgan fingerprint density at radius 3 is 2.38 bits per heavy atom. The van der Waals surface area contributed by atoms with Gasteiger partial charge in [0.15, 0.2) is 5.78 Å². The Hall–Kier alpha value is -3.08. The molecule has 0 saturated carbocycles. The minimum Gasteiger partial charge on any atom is -0.289 e. The van der Waals surface area contributed by atoms with E-state index >= 15 is 0 Å². The molecular weight excluding hydrogens is 422 g/mol. The van der Waals surface area contributed by atoms with Crippen LogP contribution in [0, 0.1) is 10.1 Å². The SMILES string of the molecule is NS(=O)(=O)c1ccc(N2C(=O)CC/C2=C\C(=O)c2ccc([N+](=O)[O-])cc2Cl)cc1. The van der Waals surface area contributed by atoms with Crippen molar-refractivity contribution in [3.8, 4) is 0 Å². The van der Waals surface area contributed by atoms with Gasteiger partial charge in [-0.05, 0) is 36.8 Å². The van der Waals surface area contributed by atoms with Crippen molar-refractivity contribution in [1.82, 2.24) is 0 Å². The lowest BCUT2D eigenvalue weighted by molar-refractivity contribution is -0.384. The number of nitro benzene ring substituents is 1. The average Bonchev–Trinajstić information content (AvgIpc) is 3.01. The van der Waals surface area contributed by atoms with Crippen LogP contribution in [0.5, 0.6) is 0 Å². The summed E-state index contributed by atoms with van der Waals surface area (Å²) in [5, 5.41) is 15.8. The summed E-state index contributed by atoms with van der Waals surface area (Å²) < 4.78 is 22.8. The molecule has 0 bridgehead atoms. The third kappa shape index (κ3) is 4.34. The zero-order valence-corrected chi connectivity index (χ0v) is 16.3. The van der Waals surface area contributed by atoms with Crippen molar-refractivity contribution in [3.05, 3.63) is 74.9 Å². The smallest absolute Gasteiger partial charge is 0.270 e. The predicted molar refractivity (Wildman–Crippen MR) is 105 cm³/mol. The molecule has 1 aliphatic rings. The Morgan fingerprint density at radius 1 is 1.17 bits per heavy atom. The number of primary sulfonamides is 1. The van der Waals surface area contributed by atoms with Crippen molar-refractivity contribution in [1.29, 1.82) is 0 Å². The molecule has 1 heterocycles. The number of carbonyl (C=O) groups excluding carboxylic acids is 2. The molecule has 2 aromatic carbocycles. The molecule has 150 valence electrons. The zero-order valence-electron chi connectivity index (χ0n) is 14.7. The maximum absolute atomic E-state index is 12.6. The summed E-state index contributed by atoms with van der Waals surface area (Å²) in [6.07, 6.45) is 1.71. The van der Waals surface area contributed by atoms with Crippen molar-refractivity contribution < 1.29 is 22.9 Å². The number of hydrogen-bond acceptors (Lipinski definition) is 6. The molecule has 9 nitrogen and oxygen atoms in total. The van der Waals surface area contributed by atoms with Crippen molar-refractivity contribution in [2.45, 2.75) is 17.7 Å². The fourth-order valence-electron chi connectivity index (χ4n) is 2.90. The van der Waals surface area contributed by atoms with Crippen LogP contribution < -0.4 is 10.0 Å². The summed E-state index contributed by atoms with van der Waals surface area (Å²) in [6.45, 7) is 0. The monoisotopic (exact) mass is 435 g/mol. The fraction of sp³-hybridized carbons (Fsp3) is 0.111. The van der Waals surface area contributed by atoms with Gasteiger partial charge in [0.2, 0.25) is 15.9 Å². The van der Waals surface area contributed by atoms with Crippen LogP contribution in [0.15, 0.2) is 59.1 Å². The van der Waals surface area contributed by atoms with Gasteiger partial charge in [0.25, 0.3) is 5.69 Å². The van der Waals surface area contributed by atoms with E-state index < -0.39 is 20.7 Å². The number of ketones is 1. The summed E-state index contributed by atoms with van der Waals surface area (Å²) in [6, 6.07) is 8.87. The number of rotatable bonds is 5. The molecule has 1 saturated heterocycles. The van der Waals surface area contributed by atoms with E-state index in [0.717, 1.165) is 6.07 Å². The summed E-state index contributed by atoms with van der Waals surface area (Å²) in [4.78, 5) is 36.3. The number of halogens is 1. The first-order valence-electron chi connectivity index (χ1n) is 8.22. The lowest BCUT2D eigenvalue weighted by Crippen LogP contribution is -2.23. The third-order valence-corrected chi connectivity index (χ3v) is 5.52. The number of anilines is 1. The number of amides is 1. The number of non-ortho nitro benzene ring substituents is 1. The highest BCUT2D eigenvalue weighted by molar-refractivity contribution is 7.89. The molecule has 0 spiro atoms. The molecule has 1 amide bonds. The fourth-order valence-corrected chi connectivity index (χ4v) is 3.68. The number of nitrogens with zero attached hydrogens (tertiary/aromatic N) is 2. The summed E-state index contributed by atoms with van der Waals surface area (Å²) in [7, 11) is -3.87. The molecule has 1 aliphatic heterocycles. The quantitative estimate of drug-likeness (QED) is 0.331. The Labute approximate surface area is 170 Å². The largest absolute Gasteiger partial charge is 0.289 e. The summed E-state index contributed by atoms with van der Waals surface area (Å²) in [5.74, 6) is -0.775. The highest BCUT2D eigenvalue weighted by Gasteiger charge is 2.28. The van der Waals surface area contributed by atoms with Gasteiger partial charge in [-0.1, -0.05) is 11.6 Å². The van der Waals surface area contributed by atoms with E-state index in [9.17, 15) is 28.1 Å². The second-order valence-electron chi connectivity index (χ2n) is 6.19. The molecule has 1 fully saturated rings. The summed E-state index contributed by atoms with van der Waals surface area (Å²) >= 11 is 5.99. The molecule has 2 aromatic rings. The Bertz CT molecular complexity index is 1160. The van der Waals surface area contributed by atoms with Crippen LogP contribution >= 0.6 is 11.6 Å². The van der Waals surface area contributed by atoms with Crippen LogP contribution in [-0.2, 0) is 14.8 Å². The Balaban J connectivity index is 1.93. The first-order valence-corrected chi connectivity index (χ1v) is 10.1. The van der Waals surface area contributed by atoms with E-state index in [4.69, 9.17) is 16.7 Å². The standard InChI is InChI=1S/C18H14ClN3O6S/c19-16-9-13(22(25)26)3-7-15(16)17(23)10-12-4-8-18(24)21(12)11-1-5-14(6-2-11)29(20,27)28/h1-3,5-7,9-10H,4,8H2,(H2,20,27,28)/b12-10+. The number of nitro groups is 1. The van der Waals surface area contributed by atoms with Gasteiger partial charge in [0.1, 0.15) is 0 Å². The van der Waals surface area contributed by atoms with Crippen LogP contribution in [-0.4, -0.2) is 25.0 Å². The maximum atomic E-state index is 12.6. The van der Waals surface area contributed by atoms with Gasteiger partial charge in [-0.15, -0.1) is 0 Å². The normalized spacial score (nSPS) is 15.7. The lowest BCUT2D eigenvalue weighted by Gasteiger charge is -2.18. The molecule has 29 heavy (non-hydrogen) atoms. The third-order valence-electron chi connectivity index (χ3n) is 4.28. The van der Waals surface area contributed by atoms with E-state index in [0.29, 0.717) is 17.8 Å². The van der Waals surface area contributed by atoms with E-state index in [1.165, 1.54) is 47.4 Å². The minimum absolute atomic E-state index is 0.0636. The number of hydrogen-bond donors (Lipinski definition) is 1. The molecule has 2 N–H and O–H groups in total. The number of allylic oxidation sites excluding steroid dienone is 2. The van der Waals surface area contributed by atoms with Crippen molar-refractivity contribution in [3.63, 3.8) is 0 Å². The molecule has 0 aromatic heterocycles. The number of nitrogens with two attached hydrogens (primary N) is 1. The summed E-state index contributed by atoms with van der Waals surface area (Å²) in [5.41, 5.74) is 0.604. The van der Waals surface area contributed by atoms with Crippen LogP contribution in [0.2, 0.25) is 5.02 Å². The van der Waals surface area contributed by atoms with Gasteiger partial charge in [-0.3, -0.25) is 24.6 Å². The molecule has 0 unspecified atom stereocenters. The molecule has 0 aliphatic carbocycles. The second-order valence-corrected chi connectivity index (χ2v) is 8.16. The van der Waals surface area contributed by atoms with E-state index in [-0.39, 0.29) is 33.5 Å². The van der Waals surface area contributed by atoms with Gasteiger partial charge in [0.05, 0.1) is 14.8 Å². The molecule has 11 heteroatoms. The first-order chi connectivity index (χ1) is 13.6. The van der Waals surface area contributed by atoms with Gasteiger partial charge in [0, 0.05) is 41.6 Å². The van der Waals surface area contributed by atoms with Crippen molar-refractivity contribution in [2.24, 2.45) is 5.14 Å². The van der Waals surface area contributed by atoms with Crippen molar-refractivity contribution >= 4 is 44.7 Å². The van der Waals surface area contributed by atoms with E-state index in [2.05, 4.69) is 0 Å². The van der Waals surface area contributed by atoms with Gasteiger partial charge in [-0.2, -0.15) is 0 Å². The molecule has 0 radical (unpaired) electrons. The van der Waals surface area contributed by atoms with Crippen LogP contribution in [0.3, 0.4) is 0 Å². The number of carbonyl (C=O) groups is 2. The second kappa shape index (κ2) is 7.74. The molecule has 0 atom stereocenters. The first kappa shape index (κ1) is 20.6. The average molecular weight is 436 g/mol. The predicted octanol–water partition coefficient (Wildman–Crippen LogP) is 2.79. The van der Waals surface area contributed by atoms with Crippen LogP contribution in [0.4, 0.5) is 11.4 Å². The molecule has 3 rings (SSSR count). The van der Waals surface area contributed by atoms with Gasteiger partial charge < -0.3 is 0 Å². The van der Waals surface area contributed by atoms with Crippen LogP contribution in [0.1, 0.15) is 23.2 Å². The van der Waals surface area contributed by atoms with E-state index in [1.54, 1.807) is 0 Å². The van der Waals surface area contributed by atoms with E-state index in [1.807, 2.05) is 0 Å². The zero-order chi connectivity index (χ0) is 21.3. The van der Waals surface area contributed by atoms with Gasteiger partial charge in [-0.25, -0.2) is 13.6 Å². The van der Waals surface area contributed by atoms with Crippen molar-refractivity contribution in [2.75, 3.05) is 4.90 Å². The maximum Gasteiger partial charge on any atom is 0.270 e. The van der Waals surface area contributed by atoms with Crippen LogP contribution in [0.25, 0.3) is 0 Å². The highest BCUT2D eigenvalue weighted by Crippen LogP contribution is 2.31. The number of benzene rings is 2. The topological polar surface area (TPSA) is 141 Å². The highest BCUT2D eigenvalue weighted by atomic mass is 35.5. The van der Waals surface area contributed by atoms with Gasteiger partial charge >= 0.3 is 0 Å². The Morgan fingerprint density at radius 2 is 1.83 bits per heavy atom. The molecular formula is C18H14ClN3O6S.